The summed E-state index contributed by atoms with van der Waals surface area (Å²) in [6, 6.07) is 6.79. The van der Waals surface area contributed by atoms with Gasteiger partial charge in [-0.1, -0.05) is 29.8 Å². The van der Waals surface area contributed by atoms with Gasteiger partial charge in [-0.25, -0.2) is 4.79 Å². The third-order valence-corrected chi connectivity index (χ3v) is 3.10. The summed E-state index contributed by atoms with van der Waals surface area (Å²) in [5.41, 5.74) is -0.0754. The molecule has 1 saturated heterocycles. The molecule has 0 atom stereocenters. The Kier molecular flexibility index (Phi) is 2.83. The maximum absolute atomic E-state index is 12.0. The summed E-state index contributed by atoms with van der Waals surface area (Å²) < 4.78 is 0. The summed E-state index contributed by atoms with van der Waals surface area (Å²) in [7, 11) is 0. The number of benzene rings is 1. The first kappa shape index (κ1) is 11.9. The molecule has 5 heteroatoms. The zero-order valence-electron chi connectivity index (χ0n) is 9.66. The second kappa shape index (κ2) is 4.04. The topological polar surface area (TPSA) is 49.4 Å². The van der Waals surface area contributed by atoms with Gasteiger partial charge < -0.3 is 5.32 Å². The monoisotopic (exact) mass is 252 g/mol. The highest BCUT2D eigenvalue weighted by atomic mass is 35.5. The summed E-state index contributed by atoms with van der Waals surface area (Å²) in [5, 5.41) is 3.18. The van der Waals surface area contributed by atoms with Crippen molar-refractivity contribution in [3.05, 3.63) is 34.9 Å². The summed E-state index contributed by atoms with van der Waals surface area (Å²) in [6.07, 6.45) is 0. The van der Waals surface area contributed by atoms with Crippen molar-refractivity contribution in [2.24, 2.45) is 0 Å². The van der Waals surface area contributed by atoms with Crippen molar-refractivity contribution < 1.29 is 9.59 Å². The minimum absolute atomic E-state index is 0.202. The number of hydrogen-bond acceptors (Lipinski definition) is 2. The van der Waals surface area contributed by atoms with Crippen LogP contribution in [0.3, 0.4) is 0 Å². The molecule has 0 saturated carbocycles. The number of nitrogens with one attached hydrogen (secondary N) is 1. The number of amides is 3. The molecule has 1 aromatic carbocycles. The van der Waals surface area contributed by atoms with E-state index in [0.717, 1.165) is 5.56 Å². The van der Waals surface area contributed by atoms with Crippen molar-refractivity contribution in [3.8, 4) is 0 Å². The van der Waals surface area contributed by atoms with E-state index in [1.165, 1.54) is 4.90 Å². The number of hydrogen-bond donors (Lipinski definition) is 1. The van der Waals surface area contributed by atoms with Crippen LogP contribution in [0.25, 0.3) is 0 Å². The number of urea groups is 1. The van der Waals surface area contributed by atoms with Crippen LogP contribution in [0.4, 0.5) is 4.79 Å². The van der Waals surface area contributed by atoms with E-state index in [4.69, 9.17) is 11.6 Å². The molecule has 17 heavy (non-hydrogen) atoms. The second-order valence-electron chi connectivity index (χ2n) is 4.54. The quantitative estimate of drug-likeness (QED) is 0.820. The van der Waals surface area contributed by atoms with Crippen LogP contribution in [0.5, 0.6) is 0 Å². The van der Waals surface area contributed by atoms with Crippen LogP contribution in [-0.2, 0) is 11.3 Å². The Morgan fingerprint density at radius 2 is 1.94 bits per heavy atom. The SMILES string of the molecule is CC1(C)NC(=O)N(Cc2ccccc2Cl)C1=O. The molecule has 0 radical (unpaired) electrons. The average molecular weight is 253 g/mol. The van der Waals surface area contributed by atoms with Crippen molar-refractivity contribution in [2.45, 2.75) is 25.9 Å². The number of carbonyl (C=O) groups excluding carboxylic acids is 2. The molecule has 2 rings (SSSR count). The highest BCUT2D eigenvalue weighted by Gasteiger charge is 2.44. The molecule has 0 aromatic heterocycles. The summed E-state index contributed by atoms with van der Waals surface area (Å²) in [5.74, 6) is -0.234. The lowest BCUT2D eigenvalue weighted by Crippen LogP contribution is -2.40. The normalized spacial score (nSPS) is 18.4. The zero-order chi connectivity index (χ0) is 12.6. The van der Waals surface area contributed by atoms with Gasteiger partial charge in [-0.3, -0.25) is 9.69 Å². The van der Waals surface area contributed by atoms with Crippen molar-refractivity contribution in [1.29, 1.82) is 0 Å². The van der Waals surface area contributed by atoms with Gasteiger partial charge in [0.15, 0.2) is 0 Å². The predicted octanol–water partition coefficient (Wildman–Crippen LogP) is 2.17. The molecule has 0 spiro atoms. The Morgan fingerprint density at radius 3 is 2.47 bits per heavy atom. The molecule has 1 heterocycles. The lowest BCUT2D eigenvalue weighted by molar-refractivity contribution is -0.130. The molecule has 1 aromatic rings. The van der Waals surface area contributed by atoms with Crippen LogP contribution in [0, 0.1) is 0 Å². The fourth-order valence-electron chi connectivity index (χ4n) is 1.76. The zero-order valence-corrected chi connectivity index (χ0v) is 10.4. The van der Waals surface area contributed by atoms with Gasteiger partial charge in [-0.2, -0.15) is 0 Å². The van der Waals surface area contributed by atoms with Gasteiger partial charge in [0.2, 0.25) is 0 Å². The fraction of sp³-hybridized carbons (Fsp3) is 0.333. The first-order valence-electron chi connectivity index (χ1n) is 5.29. The van der Waals surface area contributed by atoms with Crippen molar-refractivity contribution in [1.82, 2.24) is 10.2 Å². The van der Waals surface area contributed by atoms with Gasteiger partial charge in [0.25, 0.3) is 5.91 Å². The Hall–Kier alpha value is -1.55. The molecule has 1 fully saturated rings. The van der Waals surface area contributed by atoms with Gasteiger partial charge in [0, 0.05) is 5.02 Å². The van der Waals surface area contributed by atoms with Crippen molar-refractivity contribution >= 4 is 23.5 Å². The summed E-state index contributed by atoms with van der Waals surface area (Å²) in [6.45, 7) is 3.56. The Labute approximate surface area is 105 Å². The second-order valence-corrected chi connectivity index (χ2v) is 4.95. The van der Waals surface area contributed by atoms with Crippen molar-refractivity contribution in [2.75, 3.05) is 0 Å². The average Bonchev–Trinajstić information content (AvgIpc) is 2.43. The molecule has 90 valence electrons. The molecule has 4 nitrogen and oxygen atoms in total. The first-order valence-corrected chi connectivity index (χ1v) is 5.67. The lowest BCUT2D eigenvalue weighted by atomic mass is 10.1. The van der Waals surface area contributed by atoms with Crippen molar-refractivity contribution in [3.63, 3.8) is 0 Å². The van der Waals surface area contributed by atoms with Crippen LogP contribution in [0.2, 0.25) is 5.02 Å². The van der Waals surface area contributed by atoms with E-state index in [2.05, 4.69) is 5.32 Å². The van der Waals surface area contributed by atoms with Gasteiger partial charge in [-0.15, -0.1) is 0 Å². The van der Waals surface area contributed by atoms with E-state index in [1.807, 2.05) is 12.1 Å². The van der Waals surface area contributed by atoms with E-state index in [1.54, 1.807) is 26.0 Å². The van der Waals surface area contributed by atoms with Gasteiger partial charge in [-0.05, 0) is 25.5 Å². The number of nitrogens with zero attached hydrogens (tertiary/aromatic N) is 1. The third kappa shape index (κ3) is 2.13. The minimum atomic E-state index is -0.835. The number of rotatable bonds is 2. The maximum Gasteiger partial charge on any atom is 0.325 e. The van der Waals surface area contributed by atoms with E-state index in [-0.39, 0.29) is 18.5 Å². The lowest BCUT2D eigenvalue weighted by Gasteiger charge is -2.16. The molecular weight excluding hydrogens is 240 g/mol. The highest BCUT2D eigenvalue weighted by Crippen LogP contribution is 2.22. The number of imide groups is 1. The van der Waals surface area contributed by atoms with Gasteiger partial charge >= 0.3 is 6.03 Å². The molecule has 3 amide bonds. The smallest absolute Gasteiger partial charge is 0.324 e. The first-order chi connectivity index (χ1) is 7.92. The van der Waals surface area contributed by atoms with Crippen LogP contribution in [0.15, 0.2) is 24.3 Å². The molecule has 1 N–H and O–H groups in total. The molecule has 1 aliphatic heterocycles. The summed E-state index contributed by atoms with van der Waals surface area (Å²) in [4.78, 5) is 24.8. The summed E-state index contributed by atoms with van der Waals surface area (Å²) >= 11 is 6.00. The third-order valence-electron chi connectivity index (χ3n) is 2.73. The standard InChI is InChI=1S/C12H13ClN2O2/c1-12(2)10(16)15(11(17)14-12)7-8-5-3-4-6-9(8)13/h3-6H,7H2,1-2H3,(H,14,17). The molecule has 1 aliphatic rings. The van der Waals surface area contributed by atoms with Gasteiger partial charge in [0.05, 0.1) is 6.54 Å². The van der Waals surface area contributed by atoms with E-state index in [0.29, 0.717) is 5.02 Å². The molecule has 0 bridgehead atoms. The predicted molar refractivity (Wildman–Crippen MR) is 64.6 cm³/mol. The highest BCUT2D eigenvalue weighted by molar-refractivity contribution is 6.31. The van der Waals surface area contributed by atoms with Crippen LogP contribution in [-0.4, -0.2) is 22.4 Å². The van der Waals surface area contributed by atoms with Crippen LogP contribution >= 0.6 is 11.6 Å². The fourth-order valence-corrected chi connectivity index (χ4v) is 1.95. The largest absolute Gasteiger partial charge is 0.325 e. The Morgan fingerprint density at radius 1 is 1.29 bits per heavy atom. The maximum atomic E-state index is 12.0. The Bertz CT molecular complexity index is 485. The number of carbonyl (C=O) groups is 2. The van der Waals surface area contributed by atoms with E-state index in [9.17, 15) is 9.59 Å². The van der Waals surface area contributed by atoms with E-state index >= 15 is 0 Å². The Balaban J connectivity index is 2.23. The number of halogens is 1. The molecule has 0 aliphatic carbocycles. The molecular formula is C12H13ClN2O2. The van der Waals surface area contributed by atoms with Crippen LogP contribution < -0.4 is 5.32 Å². The van der Waals surface area contributed by atoms with Crippen LogP contribution in [0.1, 0.15) is 19.4 Å². The van der Waals surface area contributed by atoms with E-state index < -0.39 is 5.54 Å². The van der Waals surface area contributed by atoms with Gasteiger partial charge in [0.1, 0.15) is 5.54 Å². The minimum Gasteiger partial charge on any atom is -0.324 e. The molecule has 0 unspecified atom stereocenters.